The van der Waals surface area contributed by atoms with Crippen molar-refractivity contribution >= 4 is 23.8 Å². The molecule has 5 heteroatoms. The minimum Gasteiger partial charge on any atom is -0.478 e. The normalized spacial score (nSPS) is 10.8. The quantitative estimate of drug-likeness (QED) is 0.914. The standard InChI is InChI=1S/C16H20N4O/c1-4-21-15-11-13(18-16(17)19-15)8-5-12-6-9-14(10-7-12)20(2)3/h5-11H,4H2,1-3H3,(H2,17,18,19)/b8-5+. The fourth-order valence-electron chi connectivity index (χ4n) is 1.83. The van der Waals surface area contributed by atoms with Gasteiger partial charge in [-0.05, 0) is 30.7 Å². The summed E-state index contributed by atoms with van der Waals surface area (Å²) in [5.74, 6) is 0.705. The van der Waals surface area contributed by atoms with Crippen molar-refractivity contribution in [2.45, 2.75) is 6.92 Å². The summed E-state index contributed by atoms with van der Waals surface area (Å²) in [4.78, 5) is 10.2. The Labute approximate surface area is 125 Å². The van der Waals surface area contributed by atoms with Crippen molar-refractivity contribution in [1.82, 2.24) is 9.97 Å². The zero-order valence-electron chi connectivity index (χ0n) is 12.6. The molecule has 0 amide bonds. The van der Waals surface area contributed by atoms with E-state index < -0.39 is 0 Å². The van der Waals surface area contributed by atoms with Crippen LogP contribution in [0.2, 0.25) is 0 Å². The number of nitrogens with zero attached hydrogens (tertiary/aromatic N) is 3. The minimum absolute atomic E-state index is 0.212. The van der Waals surface area contributed by atoms with Crippen LogP contribution in [0.3, 0.4) is 0 Å². The van der Waals surface area contributed by atoms with E-state index in [1.807, 2.05) is 33.2 Å². The Hall–Kier alpha value is -2.56. The maximum absolute atomic E-state index is 5.67. The number of hydrogen-bond acceptors (Lipinski definition) is 5. The zero-order valence-corrected chi connectivity index (χ0v) is 12.6. The van der Waals surface area contributed by atoms with Gasteiger partial charge >= 0.3 is 0 Å². The summed E-state index contributed by atoms with van der Waals surface area (Å²) < 4.78 is 5.35. The van der Waals surface area contributed by atoms with Gasteiger partial charge in [-0.3, -0.25) is 0 Å². The van der Waals surface area contributed by atoms with Crippen molar-refractivity contribution in [3.8, 4) is 5.88 Å². The number of rotatable bonds is 5. The molecular weight excluding hydrogens is 264 g/mol. The lowest BCUT2D eigenvalue weighted by atomic mass is 10.2. The van der Waals surface area contributed by atoms with Crippen LogP contribution in [-0.2, 0) is 0 Å². The van der Waals surface area contributed by atoms with Gasteiger partial charge in [-0.1, -0.05) is 18.2 Å². The fourth-order valence-corrected chi connectivity index (χ4v) is 1.83. The lowest BCUT2D eigenvalue weighted by Crippen LogP contribution is -2.07. The molecule has 1 aromatic heterocycles. The highest BCUT2D eigenvalue weighted by atomic mass is 16.5. The maximum Gasteiger partial charge on any atom is 0.223 e. The Morgan fingerprint density at radius 3 is 2.48 bits per heavy atom. The lowest BCUT2D eigenvalue weighted by molar-refractivity contribution is 0.326. The number of nitrogen functional groups attached to an aromatic ring is 1. The van der Waals surface area contributed by atoms with E-state index in [0.717, 1.165) is 16.9 Å². The molecule has 0 radical (unpaired) electrons. The van der Waals surface area contributed by atoms with Crippen molar-refractivity contribution in [3.63, 3.8) is 0 Å². The third-order valence-corrected chi connectivity index (χ3v) is 2.89. The lowest BCUT2D eigenvalue weighted by Gasteiger charge is -2.11. The van der Waals surface area contributed by atoms with E-state index in [-0.39, 0.29) is 5.95 Å². The molecule has 2 rings (SSSR count). The first-order chi connectivity index (χ1) is 10.1. The second-order valence-electron chi connectivity index (χ2n) is 4.74. The zero-order chi connectivity index (χ0) is 15.2. The molecule has 0 saturated carbocycles. The number of anilines is 2. The summed E-state index contributed by atoms with van der Waals surface area (Å²) in [5, 5.41) is 0. The van der Waals surface area contributed by atoms with Gasteiger partial charge in [-0.25, -0.2) is 4.98 Å². The molecular formula is C16H20N4O. The highest BCUT2D eigenvalue weighted by molar-refractivity contribution is 5.69. The third-order valence-electron chi connectivity index (χ3n) is 2.89. The first-order valence-corrected chi connectivity index (χ1v) is 6.81. The summed E-state index contributed by atoms with van der Waals surface area (Å²) in [6.45, 7) is 2.45. The van der Waals surface area contributed by atoms with Gasteiger partial charge in [0.2, 0.25) is 11.8 Å². The van der Waals surface area contributed by atoms with Gasteiger partial charge < -0.3 is 15.4 Å². The molecule has 2 aromatic rings. The summed E-state index contributed by atoms with van der Waals surface area (Å²) in [6, 6.07) is 10.0. The van der Waals surface area contributed by atoms with Crippen LogP contribution in [0.15, 0.2) is 30.3 Å². The van der Waals surface area contributed by atoms with Crippen LogP contribution in [-0.4, -0.2) is 30.7 Å². The number of nitrogens with two attached hydrogens (primary N) is 1. The van der Waals surface area contributed by atoms with E-state index in [4.69, 9.17) is 10.5 Å². The molecule has 0 aliphatic carbocycles. The molecule has 0 unspecified atom stereocenters. The van der Waals surface area contributed by atoms with E-state index in [0.29, 0.717) is 12.5 Å². The predicted molar refractivity (Wildman–Crippen MR) is 87.3 cm³/mol. The Balaban J connectivity index is 2.16. The van der Waals surface area contributed by atoms with Crippen LogP contribution in [0.4, 0.5) is 11.6 Å². The SMILES string of the molecule is CCOc1cc(/C=C/c2ccc(N(C)C)cc2)nc(N)n1. The van der Waals surface area contributed by atoms with Gasteiger partial charge in [-0.2, -0.15) is 4.98 Å². The van der Waals surface area contributed by atoms with Gasteiger partial charge in [0.25, 0.3) is 0 Å². The number of hydrogen-bond donors (Lipinski definition) is 1. The molecule has 5 nitrogen and oxygen atoms in total. The second kappa shape index (κ2) is 6.74. The smallest absolute Gasteiger partial charge is 0.223 e. The van der Waals surface area contributed by atoms with Crippen LogP contribution in [0.5, 0.6) is 5.88 Å². The van der Waals surface area contributed by atoms with E-state index in [1.54, 1.807) is 6.07 Å². The average molecular weight is 284 g/mol. The molecule has 21 heavy (non-hydrogen) atoms. The van der Waals surface area contributed by atoms with Crippen LogP contribution in [0, 0.1) is 0 Å². The monoisotopic (exact) mass is 284 g/mol. The molecule has 0 aliphatic rings. The molecule has 2 N–H and O–H groups in total. The van der Waals surface area contributed by atoms with E-state index in [9.17, 15) is 0 Å². The molecule has 0 saturated heterocycles. The van der Waals surface area contributed by atoms with E-state index in [1.165, 1.54) is 0 Å². The Morgan fingerprint density at radius 2 is 1.86 bits per heavy atom. The van der Waals surface area contributed by atoms with Gasteiger partial charge in [0, 0.05) is 25.8 Å². The summed E-state index contributed by atoms with van der Waals surface area (Å²) in [7, 11) is 4.04. The molecule has 1 aromatic carbocycles. The largest absolute Gasteiger partial charge is 0.478 e. The molecule has 0 aliphatic heterocycles. The van der Waals surface area contributed by atoms with Gasteiger partial charge in [0.05, 0.1) is 12.3 Å². The van der Waals surface area contributed by atoms with Crippen molar-refractivity contribution in [2.24, 2.45) is 0 Å². The summed E-state index contributed by atoms with van der Waals surface area (Å²) in [5.41, 5.74) is 8.65. The average Bonchev–Trinajstić information content (AvgIpc) is 2.45. The second-order valence-corrected chi connectivity index (χ2v) is 4.74. The van der Waals surface area contributed by atoms with Crippen molar-refractivity contribution in [3.05, 3.63) is 41.6 Å². The molecule has 0 bridgehead atoms. The number of ether oxygens (including phenoxy) is 1. The first-order valence-electron chi connectivity index (χ1n) is 6.81. The Kier molecular flexibility index (Phi) is 4.77. The van der Waals surface area contributed by atoms with Crippen LogP contribution in [0.25, 0.3) is 12.2 Å². The Bertz CT molecular complexity index is 621. The summed E-state index contributed by atoms with van der Waals surface area (Å²) >= 11 is 0. The Morgan fingerprint density at radius 1 is 1.14 bits per heavy atom. The molecule has 0 fully saturated rings. The van der Waals surface area contributed by atoms with Crippen molar-refractivity contribution < 1.29 is 4.74 Å². The van der Waals surface area contributed by atoms with E-state index in [2.05, 4.69) is 39.1 Å². The fraction of sp³-hybridized carbons (Fsp3) is 0.250. The molecule has 1 heterocycles. The van der Waals surface area contributed by atoms with Crippen molar-refractivity contribution in [1.29, 1.82) is 0 Å². The first kappa shape index (κ1) is 14.8. The molecule has 110 valence electrons. The number of benzene rings is 1. The maximum atomic E-state index is 5.67. The van der Waals surface area contributed by atoms with Crippen LogP contribution < -0.4 is 15.4 Å². The number of aromatic nitrogens is 2. The van der Waals surface area contributed by atoms with Crippen molar-refractivity contribution in [2.75, 3.05) is 31.3 Å². The highest BCUT2D eigenvalue weighted by Crippen LogP contribution is 2.16. The van der Waals surface area contributed by atoms with E-state index >= 15 is 0 Å². The van der Waals surface area contributed by atoms with Gasteiger partial charge in [-0.15, -0.1) is 0 Å². The summed E-state index contributed by atoms with van der Waals surface area (Å²) in [6.07, 6.45) is 3.88. The topological polar surface area (TPSA) is 64.3 Å². The van der Waals surface area contributed by atoms with Gasteiger partial charge in [0.15, 0.2) is 0 Å². The molecule has 0 atom stereocenters. The minimum atomic E-state index is 0.212. The predicted octanol–water partition coefficient (Wildman–Crippen LogP) is 2.69. The third kappa shape index (κ3) is 4.21. The highest BCUT2D eigenvalue weighted by Gasteiger charge is 2.00. The van der Waals surface area contributed by atoms with Crippen LogP contribution >= 0.6 is 0 Å². The van der Waals surface area contributed by atoms with Gasteiger partial charge in [0.1, 0.15) is 0 Å². The van der Waals surface area contributed by atoms with Crippen LogP contribution in [0.1, 0.15) is 18.2 Å². The molecule has 0 spiro atoms.